The molecule has 0 saturated carbocycles. The number of rotatable bonds is 44. The molecule has 0 radical (unpaired) electrons. The molecule has 0 bridgehead atoms. The maximum absolute atomic E-state index is 12.8. The van der Waals surface area contributed by atoms with Gasteiger partial charge in [-0.05, 0) is 44.9 Å². The molecule has 0 aliphatic rings. The van der Waals surface area contributed by atoms with Crippen molar-refractivity contribution in [3.63, 3.8) is 0 Å². The Morgan fingerprint density at radius 3 is 1.33 bits per heavy atom. The average molecular weight is 820 g/mol. The van der Waals surface area contributed by atoms with Crippen molar-refractivity contribution in [1.82, 2.24) is 0 Å². The second-order valence-electron chi connectivity index (χ2n) is 17.7. The highest BCUT2D eigenvalue weighted by Gasteiger charge is 2.25. The highest BCUT2D eigenvalue weighted by molar-refractivity contribution is 5.70. The molecule has 0 fully saturated rings. The molecule has 2 unspecified atom stereocenters. The second-order valence-corrected chi connectivity index (χ2v) is 17.7. The lowest BCUT2D eigenvalue weighted by molar-refractivity contribution is -0.889. The van der Waals surface area contributed by atoms with Crippen molar-refractivity contribution in [2.75, 3.05) is 41.0 Å². The van der Waals surface area contributed by atoms with Gasteiger partial charge in [0.1, 0.15) is 12.6 Å². The van der Waals surface area contributed by atoms with E-state index in [2.05, 4.69) is 38.2 Å². The third-order valence-corrected chi connectivity index (χ3v) is 11.1. The van der Waals surface area contributed by atoms with E-state index in [4.69, 9.17) is 14.2 Å². The van der Waals surface area contributed by atoms with Gasteiger partial charge in [0.15, 0.2) is 6.10 Å². The van der Waals surface area contributed by atoms with Crippen molar-refractivity contribution in [3.8, 4) is 0 Å². The van der Waals surface area contributed by atoms with Gasteiger partial charge in [-0.25, -0.2) is 0 Å². The number of carboxylic acids is 1. The molecule has 0 N–H and O–H groups in total. The molecule has 58 heavy (non-hydrogen) atoms. The first-order valence-electron chi connectivity index (χ1n) is 24.4. The Hall–Kier alpha value is -2.19. The largest absolute Gasteiger partial charge is 0.544 e. The Labute approximate surface area is 358 Å². The van der Waals surface area contributed by atoms with E-state index in [1.807, 2.05) is 0 Å². The van der Waals surface area contributed by atoms with E-state index in [1.165, 1.54) is 148 Å². The first-order valence-corrected chi connectivity index (χ1v) is 24.4. The van der Waals surface area contributed by atoms with Crippen molar-refractivity contribution in [3.05, 3.63) is 24.3 Å². The summed E-state index contributed by atoms with van der Waals surface area (Å²) >= 11 is 0. The molecular formula is C50H93NO7. The van der Waals surface area contributed by atoms with E-state index in [0.29, 0.717) is 12.8 Å². The summed E-state index contributed by atoms with van der Waals surface area (Å²) in [6.45, 7) is 4.67. The quantitative estimate of drug-likeness (QED) is 0.0261. The fraction of sp³-hybridized carbons (Fsp3) is 0.860. The minimum Gasteiger partial charge on any atom is -0.544 e. The maximum atomic E-state index is 12.8. The van der Waals surface area contributed by atoms with Gasteiger partial charge < -0.3 is 28.6 Å². The molecule has 340 valence electrons. The van der Waals surface area contributed by atoms with Crippen LogP contribution >= 0.6 is 0 Å². The van der Waals surface area contributed by atoms with Crippen LogP contribution < -0.4 is 5.11 Å². The monoisotopic (exact) mass is 820 g/mol. The Morgan fingerprint density at radius 1 is 0.517 bits per heavy atom. The molecular weight excluding hydrogens is 727 g/mol. The van der Waals surface area contributed by atoms with E-state index >= 15 is 0 Å². The van der Waals surface area contributed by atoms with E-state index in [-0.39, 0.29) is 42.7 Å². The predicted octanol–water partition coefficient (Wildman–Crippen LogP) is 12.3. The van der Waals surface area contributed by atoms with Gasteiger partial charge in [-0.15, -0.1) is 0 Å². The molecule has 0 aromatic carbocycles. The molecule has 0 heterocycles. The van der Waals surface area contributed by atoms with Crippen LogP contribution in [0, 0.1) is 0 Å². The molecule has 0 aromatic rings. The van der Waals surface area contributed by atoms with Crippen molar-refractivity contribution < 1.29 is 38.2 Å². The Morgan fingerprint density at radius 2 is 0.914 bits per heavy atom. The number of carbonyl (C=O) groups excluding carboxylic acids is 3. The van der Waals surface area contributed by atoms with E-state index in [0.717, 1.165) is 44.9 Å². The average Bonchev–Trinajstić information content (AvgIpc) is 3.18. The van der Waals surface area contributed by atoms with Crippen LogP contribution in [0.2, 0.25) is 0 Å². The van der Waals surface area contributed by atoms with Gasteiger partial charge in [0.05, 0.1) is 40.3 Å². The van der Waals surface area contributed by atoms with E-state index < -0.39 is 18.1 Å². The van der Waals surface area contributed by atoms with Crippen LogP contribution in [0.1, 0.15) is 226 Å². The number of allylic oxidation sites excluding steroid dienone is 4. The third-order valence-electron chi connectivity index (χ3n) is 11.1. The standard InChI is InChI=1S/C50H93NO7/c1-6-8-10-12-14-16-18-20-21-22-23-24-25-26-27-29-31-33-35-37-39-41-49(53)58-46(44-56-43-42-47(50(54)55)51(3,4)5)45-57-48(52)40-38-36-34-32-30-28-19-17-15-13-11-9-7-2/h18,20,22-23,46-47H,6-17,19,21,24-45H2,1-5H3/b20-18-,23-22-. The number of carbonyl (C=O) groups is 3. The van der Waals surface area contributed by atoms with Crippen molar-refractivity contribution in [1.29, 1.82) is 0 Å². The summed E-state index contributed by atoms with van der Waals surface area (Å²) in [6, 6.07) is -0.723. The first kappa shape index (κ1) is 55.8. The summed E-state index contributed by atoms with van der Waals surface area (Å²) in [7, 11) is 5.42. The smallest absolute Gasteiger partial charge is 0.306 e. The van der Waals surface area contributed by atoms with Gasteiger partial charge in [-0.1, -0.05) is 186 Å². The number of quaternary nitrogens is 1. The molecule has 0 amide bonds. The number of unbranched alkanes of at least 4 members (excludes halogenated alkanes) is 26. The van der Waals surface area contributed by atoms with Crippen LogP contribution in [0.4, 0.5) is 0 Å². The normalized spacial score (nSPS) is 13.1. The zero-order chi connectivity index (χ0) is 42.8. The Balaban J connectivity index is 4.24. The third kappa shape index (κ3) is 39.3. The Bertz CT molecular complexity index is 1000. The highest BCUT2D eigenvalue weighted by Crippen LogP contribution is 2.15. The summed E-state index contributed by atoms with van der Waals surface area (Å²) in [4.78, 5) is 36.9. The predicted molar refractivity (Wildman–Crippen MR) is 240 cm³/mol. The summed E-state index contributed by atoms with van der Waals surface area (Å²) in [5, 5.41) is 11.6. The molecule has 0 saturated heterocycles. The van der Waals surface area contributed by atoms with Crippen LogP contribution in [-0.4, -0.2) is 75.5 Å². The fourth-order valence-corrected chi connectivity index (χ4v) is 7.28. The maximum Gasteiger partial charge on any atom is 0.306 e. The summed E-state index contributed by atoms with van der Waals surface area (Å²) < 4.78 is 17.2. The van der Waals surface area contributed by atoms with Gasteiger partial charge in [0.25, 0.3) is 0 Å². The first-order chi connectivity index (χ1) is 28.1. The van der Waals surface area contributed by atoms with Gasteiger partial charge in [-0.2, -0.15) is 0 Å². The summed E-state index contributed by atoms with van der Waals surface area (Å²) in [5.41, 5.74) is 0. The van der Waals surface area contributed by atoms with Crippen LogP contribution in [0.25, 0.3) is 0 Å². The summed E-state index contributed by atoms with van der Waals surface area (Å²) in [6.07, 6.45) is 46.3. The number of hydrogen-bond acceptors (Lipinski definition) is 7. The van der Waals surface area contributed by atoms with Crippen molar-refractivity contribution >= 4 is 17.9 Å². The highest BCUT2D eigenvalue weighted by atomic mass is 16.6. The topological polar surface area (TPSA) is 102 Å². The summed E-state index contributed by atoms with van der Waals surface area (Å²) in [5.74, 6) is -1.73. The number of carboxylic acid groups (broad SMARTS) is 1. The zero-order valence-corrected chi connectivity index (χ0v) is 38.7. The van der Waals surface area contributed by atoms with Crippen LogP contribution in [0.15, 0.2) is 24.3 Å². The van der Waals surface area contributed by atoms with Crippen LogP contribution in [0.3, 0.4) is 0 Å². The molecule has 0 aliphatic heterocycles. The lowest BCUT2D eigenvalue weighted by Crippen LogP contribution is -2.55. The number of likely N-dealkylation sites (N-methyl/N-ethyl adjacent to an activating group) is 1. The van der Waals surface area contributed by atoms with Gasteiger partial charge >= 0.3 is 11.9 Å². The minimum absolute atomic E-state index is 0.0433. The second kappa shape index (κ2) is 41.5. The van der Waals surface area contributed by atoms with Crippen LogP contribution in [-0.2, 0) is 28.6 Å². The molecule has 8 heteroatoms. The van der Waals surface area contributed by atoms with Crippen LogP contribution in [0.5, 0.6) is 0 Å². The SMILES string of the molecule is CCCCCCC/C=C\C/C=C\CCCCCCCCCCCC(=O)OC(COCCC(C(=O)[O-])[N+](C)(C)C)COC(=O)CCCCCCCCCCCCCCC. The fourth-order valence-electron chi connectivity index (χ4n) is 7.28. The molecule has 8 nitrogen and oxygen atoms in total. The Kier molecular flexibility index (Phi) is 40.0. The van der Waals surface area contributed by atoms with Crippen molar-refractivity contribution in [2.45, 2.75) is 238 Å². The number of esters is 2. The lowest BCUT2D eigenvalue weighted by atomic mass is 10.0. The lowest BCUT2D eigenvalue weighted by Gasteiger charge is -2.34. The van der Waals surface area contributed by atoms with E-state index in [9.17, 15) is 19.5 Å². The molecule has 0 spiro atoms. The zero-order valence-electron chi connectivity index (χ0n) is 38.7. The molecule has 0 aromatic heterocycles. The molecule has 0 rings (SSSR count). The number of hydrogen-bond donors (Lipinski definition) is 0. The number of ether oxygens (including phenoxy) is 3. The molecule has 2 atom stereocenters. The molecule has 0 aliphatic carbocycles. The van der Waals surface area contributed by atoms with Gasteiger partial charge in [-0.3, -0.25) is 9.59 Å². The van der Waals surface area contributed by atoms with Gasteiger partial charge in [0.2, 0.25) is 0 Å². The number of aliphatic carboxylic acids is 1. The number of nitrogens with zero attached hydrogens (tertiary/aromatic N) is 1. The van der Waals surface area contributed by atoms with E-state index in [1.54, 1.807) is 21.1 Å². The minimum atomic E-state index is -1.12. The van der Waals surface area contributed by atoms with Crippen molar-refractivity contribution in [2.24, 2.45) is 0 Å². The van der Waals surface area contributed by atoms with Gasteiger partial charge in [0, 0.05) is 19.3 Å².